The fourth-order valence-electron chi connectivity index (χ4n) is 0.720. The first-order chi connectivity index (χ1) is 5.57. The van der Waals surface area contributed by atoms with E-state index >= 15 is 0 Å². The molecule has 0 aliphatic carbocycles. The molecule has 1 N–H and O–H groups in total. The van der Waals surface area contributed by atoms with E-state index in [0.717, 1.165) is 12.3 Å². The topological polar surface area (TPSA) is 40.5 Å². The molecule has 0 radical (unpaired) electrons. The average molecular weight is 189 g/mol. The highest BCUT2D eigenvalue weighted by molar-refractivity contribution is 7.98. The van der Waals surface area contributed by atoms with Crippen molar-refractivity contribution in [1.82, 2.24) is 4.90 Å². The number of thioether (sulfide) groups is 1. The predicted molar refractivity (Wildman–Crippen MR) is 52.7 cm³/mol. The lowest BCUT2D eigenvalue weighted by molar-refractivity contribution is -0.132. The summed E-state index contributed by atoms with van der Waals surface area (Å²) in [4.78, 5) is 12.3. The Morgan fingerprint density at radius 1 is 1.67 bits per heavy atom. The minimum atomic E-state index is -0.911. The van der Waals surface area contributed by atoms with Crippen LogP contribution in [0.5, 0.6) is 0 Å². The van der Waals surface area contributed by atoms with Gasteiger partial charge in [-0.1, -0.05) is 6.58 Å². The highest BCUT2D eigenvalue weighted by Gasteiger charge is 2.06. The number of hydrogen-bond acceptors (Lipinski definition) is 3. The molecule has 0 atom stereocenters. The van der Waals surface area contributed by atoms with Crippen molar-refractivity contribution in [2.24, 2.45) is 0 Å². The van der Waals surface area contributed by atoms with Crippen LogP contribution >= 0.6 is 11.8 Å². The minimum Gasteiger partial charge on any atom is -0.478 e. The summed E-state index contributed by atoms with van der Waals surface area (Å²) in [5.41, 5.74) is 0.249. The van der Waals surface area contributed by atoms with Crippen molar-refractivity contribution in [2.75, 3.05) is 32.1 Å². The molecular formula is C8H15NO2S. The molecule has 0 unspecified atom stereocenters. The van der Waals surface area contributed by atoms with Crippen molar-refractivity contribution in [1.29, 1.82) is 0 Å². The molecular weight excluding hydrogens is 174 g/mol. The van der Waals surface area contributed by atoms with Gasteiger partial charge in [0.15, 0.2) is 0 Å². The number of likely N-dealkylation sites (N-methyl/N-ethyl adjacent to an activating group) is 1. The molecule has 0 aliphatic rings. The van der Waals surface area contributed by atoms with Crippen LogP contribution in [-0.2, 0) is 4.79 Å². The molecule has 0 bridgehead atoms. The van der Waals surface area contributed by atoms with Gasteiger partial charge in [0.25, 0.3) is 0 Å². The van der Waals surface area contributed by atoms with Crippen LogP contribution in [0.4, 0.5) is 0 Å². The molecule has 0 aliphatic heterocycles. The van der Waals surface area contributed by atoms with Gasteiger partial charge in [0, 0.05) is 24.4 Å². The molecule has 70 valence electrons. The lowest BCUT2D eigenvalue weighted by atomic mass is 10.3. The van der Waals surface area contributed by atoms with E-state index in [0.29, 0.717) is 6.54 Å². The second-order valence-electron chi connectivity index (χ2n) is 2.64. The first-order valence-corrected chi connectivity index (χ1v) is 5.06. The van der Waals surface area contributed by atoms with Crippen LogP contribution in [0.3, 0.4) is 0 Å². The lowest BCUT2D eigenvalue weighted by Gasteiger charge is -2.15. The Kier molecular flexibility index (Phi) is 5.84. The summed E-state index contributed by atoms with van der Waals surface area (Å²) in [6, 6.07) is 0. The Morgan fingerprint density at radius 2 is 2.25 bits per heavy atom. The molecule has 12 heavy (non-hydrogen) atoms. The third-order valence-corrected chi connectivity index (χ3v) is 2.03. The molecule has 0 rings (SSSR count). The molecule has 0 spiro atoms. The van der Waals surface area contributed by atoms with Crippen LogP contribution in [0.2, 0.25) is 0 Å². The van der Waals surface area contributed by atoms with Gasteiger partial charge in [-0.25, -0.2) is 4.79 Å². The normalized spacial score (nSPS) is 10.2. The molecule has 0 aromatic carbocycles. The van der Waals surface area contributed by atoms with E-state index in [1.54, 1.807) is 11.8 Å². The summed E-state index contributed by atoms with van der Waals surface area (Å²) in [6.45, 7) is 4.79. The van der Waals surface area contributed by atoms with E-state index in [9.17, 15) is 4.79 Å². The summed E-state index contributed by atoms with van der Waals surface area (Å²) in [6.07, 6.45) is 2.03. The highest BCUT2D eigenvalue weighted by Crippen LogP contribution is 1.97. The van der Waals surface area contributed by atoms with Crippen LogP contribution in [0.25, 0.3) is 0 Å². The maximum Gasteiger partial charge on any atom is 0.332 e. The third-order valence-electron chi connectivity index (χ3n) is 1.44. The Labute approximate surface area is 77.4 Å². The molecule has 0 amide bonds. The Hall–Kier alpha value is -0.480. The quantitative estimate of drug-likeness (QED) is 0.631. The largest absolute Gasteiger partial charge is 0.478 e. The van der Waals surface area contributed by atoms with Crippen molar-refractivity contribution in [3.05, 3.63) is 12.2 Å². The first-order valence-electron chi connectivity index (χ1n) is 3.66. The van der Waals surface area contributed by atoms with E-state index in [2.05, 4.69) is 6.58 Å². The number of carboxylic acids is 1. The van der Waals surface area contributed by atoms with E-state index < -0.39 is 5.97 Å². The van der Waals surface area contributed by atoms with Gasteiger partial charge in [-0.3, -0.25) is 0 Å². The Morgan fingerprint density at radius 3 is 2.67 bits per heavy atom. The number of carboxylic acid groups (broad SMARTS) is 1. The van der Waals surface area contributed by atoms with Crippen molar-refractivity contribution >= 4 is 17.7 Å². The van der Waals surface area contributed by atoms with Gasteiger partial charge in [-0.15, -0.1) is 0 Å². The van der Waals surface area contributed by atoms with Gasteiger partial charge in [-0.2, -0.15) is 11.8 Å². The van der Waals surface area contributed by atoms with Gasteiger partial charge < -0.3 is 10.0 Å². The van der Waals surface area contributed by atoms with Crippen LogP contribution in [0.15, 0.2) is 12.2 Å². The smallest absolute Gasteiger partial charge is 0.332 e. The average Bonchev–Trinajstić information content (AvgIpc) is 2.00. The summed E-state index contributed by atoms with van der Waals surface area (Å²) < 4.78 is 0. The molecule has 0 heterocycles. The number of aliphatic carboxylic acids is 1. The fourth-order valence-corrected chi connectivity index (χ4v) is 1.21. The summed E-state index contributed by atoms with van der Waals surface area (Å²) in [7, 11) is 1.89. The zero-order valence-corrected chi connectivity index (χ0v) is 8.36. The van der Waals surface area contributed by atoms with Crippen molar-refractivity contribution in [2.45, 2.75) is 0 Å². The number of carbonyl (C=O) groups is 1. The zero-order valence-electron chi connectivity index (χ0n) is 7.54. The third kappa shape index (κ3) is 5.21. The monoisotopic (exact) mass is 189 g/mol. The van der Waals surface area contributed by atoms with Gasteiger partial charge >= 0.3 is 5.97 Å². The molecule has 4 heteroatoms. The number of nitrogens with zero attached hydrogens (tertiary/aromatic N) is 1. The van der Waals surface area contributed by atoms with E-state index in [-0.39, 0.29) is 5.57 Å². The van der Waals surface area contributed by atoms with Gasteiger partial charge in [0.2, 0.25) is 0 Å². The van der Waals surface area contributed by atoms with E-state index in [4.69, 9.17) is 5.11 Å². The number of hydrogen-bond donors (Lipinski definition) is 1. The van der Waals surface area contributed by atoms with Crippen LogP contribution in [-0.4, -0.2) is 48.1 Å². The van der Waals surface area contributed by atoms with Gasteiger partial charge in [0.05, 0.1) is 0 Å². The predicted octanol–water partition coefficient (Wildman–Crippen LogP) is 0.922. The summed E-state index contributed by atoms with van der Waals surface area (Å²) in [5.74, 6) is 0.106. The molecule has 0 saturated heterocycles. The SMILES string of the molecule is C=C(CN(C)CCSC)C(=O)O. The minimum absolute atomic E-state index is 0.249. The van der Waals surface area contributed by atoms with Gasteiger partial charge in [-0.05, 0) is 13.3 Å². The maximum absolute atomic E-state index is 10.4. The van der Waals surface area contributed by atoms with Gasteiger partial charge in [0.1, 0.15) is 0 Å². The fraction of sp³-hybridized carbons (Fsp3) is 0.625. The second-order valence-corrected chi connectivity index (χ2v) is 3.62. The van der Waals surface area contributed by atoms with Crippen molar-refractivity contribution in [3.63, 3.8) is 0 Å². The first kappa shape index (κ1) is 11.5. The maximum atomic E-state index is 10.4. The van der Waals surface area contributed by atoms with Crippen LogP contribution in [0, 0.1) is 0 Å². The Bertz CT molecular complexity index is 170. The van der Waals surface area contributed by atoms with Crippen LogP contribution < -0.4 is 0 Å². The second kappa shape index (κ2) is 6.08. The Balaban J connectivity index is 3.61. The number of rotatable bonds is 6. The van der Waals surface area contributed by atoms with Crippen molar-refractivity contribution < 1.29 is 9.90 Å². The molecule has 0 fully saturated rings. The highest BCUT2D eigenvalue weighted by atomic mass is 32.2. The molecule has 3 nitrogen and oxygen atoms in total. The van der Waals surface area contributed by atoms with Crippen LogP contribution in [0.1, 0.15) is 0 Å². The molecule has 0 aromatic rings. The summed E-state index contributed by atoms with van der Waals surface area (Å²) in [5, 5.41) is 8.52. The zero-order chi connectivity index (χ0) is 9.56. The molecule has 0 saturated carbocycles. The lowest BCUT2D eigenvalue weighted by Crippen LogP contribution is -2.25. The standard InChI is InChI=1S/C8H15NO2S/c1-7(8(10)11)6-9(2)4-5-12-3/h1,4-6H2,2-3H3,(H,10,11). The van der Waals surface area contributed by atoms with Crippen molar-refractivity contribution in [3.8, 4) is 0 Å². The summed E-state index contributed by atoms with van der Waals surface area (Å²) >= 11 is 1.75. The van der Waals surface area contributed by atoms with E-state index in [1.165, 1.54) is 0 Å². The van der Waals surface area contributed by atoms with E-state index in [1.807, 2.05) is 18.2 Å². The molecule has 0 aromatic heterocycles.